The maximum absolute atomic E-state index is 6.38. The molecule has 3 rings (SSSR count). The molecule has 0 aromatic heterocycles. The highest BCUT2D eigenvalue weighted by atomic mass is 79.9. The summed E-state index contributed by atoms with van der Waals surface area (Å²) in [7, 11) is 0. The third kappa shape index (κ3) is 3.25. The molecule has 2 nitrogen and oxygen atoms in total. The topological polar surface area (TPSA) is 35.2 Å². The molecule has 0 fully saturated rings. The van der Waals surface area contributed by atoms with Gasteiger partial charge in [0.25, 0.3) is 0 Å². The minimum Gasteiger partial charge on any atom is -0.493 e. The fourth-order valence-electron chi connectivity index (χ4n) is 2.83. The number of halogens is 2. The summed E-state index contributed by atoms with van der Waals surface area (Å²) in [4.78, 5) is 0. The summed E-state index contributed by atoms with van der Waals surface area (Å²) >= 11 is 9.70. The molecule has 110 valence electrons. The standard InChI is InChI=1S/C17H17BrClNO/c1-10-4-12(8-15(19)5-10)16(20)9-13-7-14(18)6-11-2-3-21-17(11)13/h4-8,16H,2-3,9,20H2,1H3. The van der Waals surface area contributed by atoms with Gasteiger partial charge in [-0.25, -0.2) is 0 Å². The molecule has 0 saturated heterocycles. The van der Waals surface area contributed by atoms with E-state index >= 15 is 0 Å². The van der Waals surface area contributed by atoms with Gasteiger partial charge in [-0.1, -0.05) is 33.6 Å². The van der Waals surface area contributed by atoms with E-state index in [0.29, 0.717) is 0 Å². The number of rotatable bonds is 3. The maximum Gasteiger partial charge on any atom is 0.125 e. The van der Waals surface area contributed by atoms with E-state index in [2.05, 4.69) is 34.1 Å². The second-order valence-corrected chi connectivity index (χ2v) is 6.88. The van der Waals surface area contributed by atoms with Gasteiger partial charge in [-0.2, -0.15) is 0 Å². The minimum atomic E-state index is -0.0926. The molecule has 4 heteroatoms. The number of benzene rings is 2. The second kappa shape index (κ2) is 5.99. The van der Waals surface area contributed by atoms with Gasteiger partial charge in [0.1, 0.15) is 5.75 Å². The van der Waals surface area contributed by atoms with Crippen molar-refractivity contribution in [3.8, 4) is 5.75 Å². The zero-order valence-electron chi connectivity index (χ0n) is 11.8. The van der Waals surface area contributed by atoms with E-state index in [1.54, 1.807) is 0 Å². The third-order valence-electron chi connectivity index (χ3n) is 3.76. The summed E-state index contributed by atoms with van der Waals surface area (Å²) in [5.74, 6) is 1.01. The molecular weight excluding hydrogens is 350 g/mol. The van der Waals surface area contributed by atoms with E-state index < -0.39 is 0 Å². The monoisotopic (exact) mass is 365 g/mol. The lowest BCUT2D eigenvalue weighted by atomic mass is 9.96. The van der Waals surface area contributed by atoms with Crippen LogP contribution in [0.3, 0.4) is 0 Å². The van der Waals surface area contributed by atoms with Crippen LogP contribution in [0, 0.1) is 6.92 Å². The zero-order valence-corrected chi connectivity index (χ0v) is 14.2. The van der Waals surface area contributed by atoms with Crippen LogP contribution < -0.4 is 10.5 Å². The molecule has 2 aromatic rings. The molecule has 0 amide bonds. The van der Waals surface area contributed by atoms with Crippen molar-refractivity contribution < 1.29 is 4.74 Å². The predicted octanol–water partition coefficient (Wildman–Crippen LogP) is 4.59. The van der Waals surface area contributed by atoms with Crippen molar-refractivity contribution in [3.63, 3.8) is 0 Å². The highest BCUT2D eigenvalue weighted by Crippen LogP contribution is 2.35. The molecule has 1 heterocycles. The van der Waals surface area contributed by atoms with Crippen molar-refractivity contribution >= 4 is 27.5 Å². The van der Waals surface area contributed by atoms with E-state index in [9.17, 15) is 0 Å². The second-order valence-electron chi connectivity index (χ2n) is 5.52. The molecule has 21 heavy (non-hydrogen) atoms. The van der Waals surface area contributed by atoms with Crippen LogP contribution in [0.2, 0.25) is 5.02 Å². The summed E-state index contributed by atoms with van der Waals surface area (Å²) in [5, 5.41) is 0.733. The number of ether oxygens (including phenoxy) is 1. The zero-order chi connectivity index (χ0) is 15.0. The highest BCUT2D eigenvalue weighted by molar-refractivity contribution is 9.10. The Labute approximate surface area is 138 Å². The lowest BCUT2D eigenvalue weighted by Gasteiger charge is -2.16. The maximum atomic E-state index is 6.38. The van der Waals surface area contributed by atoms with E-state index in [-0.39, 0.29) is 6.04 Å². The van der Waals surface area contributed by atoms with Gasteiger partial charge in [0.2, 0.25) is 0 Å². The van der Waals surface area contributed by atoms with Gasteiger partial charge < -0.3 is 10.5 Å². The fraction of sp³-hybridized carbons (Fsp3) is 0.294. The number of aryl methyl sites for hydroxylation is 1. The first-order valence-electron chi connectivity index (χ1n) is 6.99. The molecule has 0 saturated carbocycles. The Morgan fingerprint density at radius 2 is 2.10 bits per heavy atom. The Bertz CT molecular complexity index is 666. The summed E-state index contributed by atoms with van der Waals surface area (Å²) in [6, 6.07) is 10.1. The van der Waals surface area contributed by atoms with Gasteiger partial charge in [0.15, 0.2) is 0 Å². The normalized spacial score (nSPS) is 14.7. The van der Waals surface area contributed by atoms with Crippen LogP contribution in [0.15, 0.2) is 34.8 Å². The van der Waals surface area contributed by atoms with Gasteiger partial charge >= 0.3 is 0 Å². The molecule has 2 aromatic carbocycles. The largest absolute Gasteiger partial charge is 0.493 e. The minimum absolute atomic E-state index is 0.0926. The lowest BCUT2D eigenvalue weighted by Crippen LogP contribution is -2.14. The summed E-state index contributed by atoms with van der Waals surface area (Å²) in [5.41, 5.74) is 11.0. The van der Waals surface area contributed by atoms with Crippen LogP contribution >= 0.6 is 27.5 Å². The number of fused-ring (bicyclic) bond motifs is 1. The van der Waals surface area contributed by atoms with Crippen LogP contribution in [0.25, 0.3) is 0 Å². The van der Waals surface area contributed by atoms with Crippen LogP contribution in [-0.2, 0) is 12.8 Å². The Hall–Kier alpha value is -1.03. The predicted molar refractivity (Wildman–Crippen MR) is 90.2 cm³/mol. The van der Waals surface area contributed by atoms with Gasteiger partial charge in [-0.05, 0) is 59.9 Å². The molecular formula is C17H17BrClNO. The van der Waals surface area contributed by atoms with E-state index in [0.717, 1.165) is 51.4 Å². The quantitative estimate of drug-likeness (QED) is 0.862. The molecule has 1 unspecified atom stereocenters. The summed E-state index contributed by atoms with van der Waals surface area (Å²) in [6.45, 7) is 2.78. The van der Waals surface area contributed by atoms with Crippen molar-refractivity contribution in [1.29, 1.82) is 0 Å². The van der Waals surface area contributed by atoms with Crippen molar-refractivity contribution in [1.82, 2.24) is 0 Å². The third-order valence-corrected chi connectivity index (χ3v) is 4.43. The van der Waals surface area contributed by atoms with Crippen molar-refractivity contribution in [2.75, 3.05) is 6.61 Å². The Kier molecular flexibility index (Phi) is 4.25. The number of hydrogen-bond acceptors (Lipinski definition) is 2. The van der Waals surface area contributed by atoms with Gasteiger partial charge in [0.05, 0.1) is 6.61 Å². The van der Waals surface area contributed by atoms with E-state index in [1.165, 1.54) is 5.56 Å². The van der Waals surface area contributed by atoms with Gasteiger partial charge in [0, 0.05) is 22.0 Å². The molecule has 0 bridgehead atoms. The molecule has 0 radical (unpaired) electrons. The number of hydrogen-bond donors (Lipinski definition) is 1. The SMILES string of the molecule is Cc1cc(Cl)cc(C(N)Cc2cc(Br)cc3c2OCC3)c1. The molecule has 1 aliphatic rings. The Morgan fingerprint density at radius 3 is 2.86 bits per heavy atom. The first-order valence-corrected chi connectivity index (χ1v) is 8.17. The highest BCUT2D eigenvalue weighted by Gasteiger charge is 2.19. The average Bonchev–Trinajstić information content (AvgIpc) is 2.85. The van der Waals surface area contributed by atoms with Crippen molar-refractivity contribution in [2.24, 2.45) is 5.73 Å². The van der Waals surface area contributed by atoms with Crippen molar-refractivity contribution in [3.05, 3.63) is 62.1 Å². The number of nitrogens with two attached hydrogens (primary N) is 1. The molecule has 1 aliphatic heterocycles. The van der Waals surface area contributed by atoms with E-state index in [1.807, 2.05) is 19.1 Å². The van der Waals surface area contributed by atoms with Crippen LogP contribution in [0.5, 0.6) is 5.75 Å². The Morgan fingerprint density at radius 1 is 1.29 bits per heavy atom. The van der Waals surface area contributed by atoms with Gasteiger partial charge in [-0.3, -0.25) is 0 Å². The average molecular weight is 367 g/mol. The smallest absolute Gasteiger partial charge is 0.125 e. The first-order chi connectivity index (χ1) is 10.0. The molecule has 0 aliphatic carbocycles. The van der Waals surface area contributed by atoms with E-state index in [4.69, 9.17) is 22.1 Å². The van der Waals surface area contributed by atoms with Gasteiger partial charge in [-0.15, -0.1) is 0 Å². The van der Waals surface area contributed by atoms with Crippen LogP contribution in [-0.4, -0.2) is 6.61 Å². The molecule has 0 spiro atoms. The summed E-state index contributed by atoms with van der Waals surface area (Å²) < 4.78 is 6.85. The van der Waals surface area contributed by atoms with Crippen molar-refractivity contribution in [2.45, 2.75) is 25.8 Å². The van der Waals surface area contributed by atoms with Crippen LogP contribution in [0.4, 0.5) is 0 Å². The Balaban J connectivity index is 1.90. The first kappa shape index (κ1) is 14.9. The fourth-order valence-corrected chi connectivity index (χ4v) is 3.68. The lowest BCUT2D eigenvalue weighted by molar-refractivity contribution is 0.352. The van der Waals surface area contributed by atoms with Crippen LogP contribution in [0.1, 0.15) is 28.3 Å². The summed E-state index contributed by atoms with van der Waals surface area (Å²) in [6.07, 6.45) is 1.70. The molecule has 1 atom stereocenters. The molecule has 2 N–H and O–H groups in total.